The molecule has 1 heterocycles. The average Bonchev–Trinajstić information content (AvgIpc) is 2.37. The van der Waals surface area contributed by atoms with Crippen LogP contribution in [-0.2, 0) is 0 Å². The van der Waals surface area contributed by atoms with Gasteiger partial charge in [-0.2, -0.15) is 13.2 Å². The highest BCUT2D eigenvalue weighted by Crippen LogP contribution is 2.33. The van der Waals surface area contributed by atoms with Crippen molar-refractivity contribution in [2.75, 3.05) is 13.1 Å². The molecule has 0 radical (unpaired) electrons. The normalized spacial score (nSPS) is 17.7. The highest BCUT2D eigenvalue weighted by molar-refractivity contribution is 9.10. The molecule has 0 spiro atoms. The Morgan fingerprint density at radius 2 is 1.74 bits per heavy atom. The molecule has 19 heavy (non-hydrogen) atoms. The molecule has 0 saturated carbocycles. The average molecular weight is 334 g/mol. The zero-order valence-corrected chi connectivity index (χ0v) is 12.0. The van der Waals surface area contributed by atoms with Crippen LogP contribution in [0.1, 0.15) is 24.8 Å². The molecular weight excluding hydrogens is 319 g/mol. The van der Waals surface area contributed by atoms with Gasteiger partial charge < -0.3 is 4.90 Å². The van der Waals surface area contributed by atoms with Gasteiger partial charge in [0.1, 0.15) is 5.70 Å². The molecule has 2 rings (SSSR count). The summed E-state index contributed by atoms with van der Waals surface area (Å²) in [5.74, 6) is 0. The maximum Gasteiger partial charge on any atom is 0.431 e. The summed E-state index contributed by atoms with van der Waals surface area (Å²) in [7, 11) is 0. The Morgan fingerprint density at radius 3 is 2.32 bits per heavy atom. The topological polar surface area (TPSA) is 3.24 Å². The van der Waals surface area contributed by atoms with Crippen molar-refractivity contribution in [2.24, 2.45) is 0 Å². The molecule has 0 bridgehead atoms. The van der Waals surface area contributed by atoms with Crippen LogP contribution >= 0.6 is 15.9 Å². The lowest BCUT2D eigenvalue weighted by Crippen LogP contribution is -2.35. The van der Waals surface area contributed by atoms with E-state index in [1.807, 2.05) is 0 Å². The largest absolute Gasteiger partial charge is 0.431 e. The molecule has 1 saturated heterocycles. The summed E-state index contributed by atoms with van der Waals surface area (Å²) >= 11 is 3.29. The summed E-state index contributed by atoms with van der Waals surface area (Å²) in [6.07, 6.45) is -0.425. The number of nitrogens with zero attached hydrogens (tertiary/aromatic N) is 1. The van der Waals surface area contributed by atoms with Crippen LogP contribution in [0, 0.1) is 0 Å². The van der Waals surface area contributed by atoms with Crippen molar-refractivity contribution in [3.8, 4) is 0 Å². The molecule has 1 aliphatic heterocycles. The summed E-state index contributed by atoms with van der Waals surface area (Å²) in [5, 5.41) is 0. The summed E-state index contributed by atoms with van der Waals surface area (Å²) < 4.78 is 40.3. The van der Waals surface area contributed by atoms with E-state index in [9.17, 15) is 13.2 Å². The first-order chi connectivity index (χ1) is 8.98. The molecular formula is C14H15BrF3N. The Balaban J connectivity index is 2.35. The molecule has 1 aromatic rings. The molecule has 104 valence electrons. The molecule has 1 aromatic carbocycles. The van der Waals surface area contributed by atoms with Crippen LogP contribution in [0.15, 0.2) is 34.4 Å². The number of allylic oxidation sites excluding steroid dienone is 1. The number of benzene rings is 1. The molecule has 0 atom stereocenters. The Bertz CT molecular complexity index is 462. The van der Waals surface area contributed by atoms with Crippen LogP contribution in [0.2, 0.25) is 0 Å². The van der Waals surface area contributed by atoms with E-state index in [1.165, 1.54) is 11.0 Å². The molecule has 5 heteroatoms. The first kappa shape index (κ1) is 14.4. The van der Waals surface area contributed by atoms with Gasteiger partial charge in [0.05, 0.1) is 0 Å². The van der Waals surface area contributed by atoms with Gasteiger partial charge in [-0.1, -0.05) is 34.1 Å². The molecule has 0 amide bonds. The van der Waals surface area contributed by atoms with Crippen LogP contribution in [0.25, 0.3) is 6.08 Å². The number of alkyl halides is 3. The van der Waals surface area contributed by atoms with E-state index in [0.717, 1.165) is 19.3 Å². The van der Waals surface area contributed by atoms with Gasteiger partial charge in [-0.05, 0) is 37.0 Å². The molecule has 1 fully saturated rings. The Kier molecular flexibility index (Phi) is 4.55. The second-order valence-corrected chi connectivity index (χ2v) is 5.45. The third kappa shape index (κ3) is 3.75. The van der Waals surface area contributed by atoms with Gasteiger partial charge in [-0.15, -0.1) is 0 Å². The molecule has 1 nitrogen and oxygen atoms in total. The SMILES string of the molecule is FC(F)(F)/C(=C\c1ccccc1Br)N1CCCCC1. The Hall–Kier alpha value is -0.970. The van der Waals surface area contributed by atoms with Crippen molar-refractivity contribution in [3.63, 3.8) is 0 Å². The van der Waals surface area contributed by atoms with E-state index >= 15 is 0 Å². The standard InChI is InChI=1S/C14H15BrF3N/c15-12-7-3-2-6-11(12)10-13(14(16,17)18)19-8-4-1-5-9-19/h2-3,6-7,10H,1,4-5,8-9H2/b13-10+. The van der Waals surface area contributed by atoms with Gasteiger partial charge in [0.2, 0.25) is 0 Å². The predicted octanol–water partition coefficient (Wildman–Crippen LogP) is 4.84. The van der Waals surface area contributed by atoms with Crippen LogP contribution in [-0.4, -0.2) is 24.2 Å². The lowest BCUT2D eigenvalue weighted by Gasteiger charge is -2.32. The number of hydrogen-bond donors (Lipinski definition) is 0. The van der Waals surface area contributed by atoms with Crippen molar-refractivity contribution in [1.82, 2.24) is 4.90 Å². The van der Waals surface area contributed by atoms with Gasteiger partial charge in [-0.25, -0.2) is 0 Å². The first-order valence-electron chi connectivity index (χ1n) is 6.27. The van der Waals surface area contributed by atoms with Crippen LogP contribution in [0.3, 0.4) is 0 Å². The van der Waals surface area contributed by atoms with Gasteiger partial charge >= 0.3 is 6.18 Å². The van der Waals surface area contributed by atoms with E-state index in [-0.39, 0.29) is 0 Å². The summed E-state index contributed by atoms with van der Waals surface area (Å²) in [6.45, 7) is 0.964. The lowest BCUT2D eigenvalue weighted by molar-refractivity contribution is -0.111. The van der Waals surface area contributed by atoms with E-state index in [1.54, 1.807) is 24.3 Å². The number of hydrogen-bond acceptors (Lipinski definition) is 1. The molecule has 0 aromatic heterocycles. The highest BCUT2D eigenvalue weighted by Gasteiger charge is 2.37. The maximum atomic E-state index is 13.2. The van der Waals surface area contributed by atoms with Crippen molar-refractivity contribution < 1.29 is 13.2 Å². The Morgan fingerprint density at radius 1 is 1.11 bits per heavy atom. The zero-order chi connectivity index (χ0) is 13.9. The van der Waals surface area contributed by atoms with Gasteiger partial charge in [0.15, 0.2) is 0 Å². The van der Waals surface area contributed by atoms with Crippen LogP contribution < -0.4 is 0 Å². The van der Waals surface area contributed by atoms with Crippen LogP contribution in [0.5, 0.6) is 0 Å². The number of likely N-dealkylation sites (tertiary alicyclic amines) is 1. The number of piperidine rings is 1. The van der Waals surface area contributed by atoms with Gasteiger partial charge in [0.25, 0.3) is 0 Å². The zero-order valence-electron chi connectivity index (χ0n) is 10.4. The monoisotopic (exact) mass is 333 g/mol. The summed E-state index contributed by atoms with van der Waals surface area (Å²) in [6, 6.07) is 6.95. The molecule has 1 aliphatic rings. The fourth-order valence-corrected chi connectivity index (χ4v) is 2.63. The van der Waals surface area contributed by atoms with E-state index < -0.39 is 11.9 Å². The summed E-state index contributed by atoms with van der Waals surface area (Å²) in [4.78, 5) is 1.45. The second-order valence-electron chi connectivity index (χ2n) is 4.60. The minimum absolute atomic E-state index is 0.482. The maximum absolute atomic E-state index is 13.2. The number of halogens is 4. The van der Waals surface area contributed by atoms with Gasteiger partial charge in [-0.3, -0.25) is 0 Å². The fourth-order valence-electron chi connectivity index (χ4n) is 2.23. The quantitative estimate of drug-likeness (QED) is 0.748. The third-order valence-electron chi connectivity index (χ3n) is 3.18. The molecule has 0 N–H and O–H groups in total. The molecule has 0 unspecified atom stereocenters. The number of rotatable bonds is 2. The van der Waals surface area contributed by atoms with E-state index in [0.29, 0.717) is 23.1 Å². The fraction of sp³-hybridized carbons (Fsp3) is 0.429. The summed E-state index contributed by atoms with van der Waals surface area (Å²) in [5.41, 5.74) is 0.0134. The Labute approximate surface area is 119 Å². The van der Waals surface area contributed by atoms with Crippen molar-refractivity contribution in [1.29, 1.82) is 0 Å². The van der Waals surface area contributed by atoms with Crippen molar-refractivity contribution >= 4 is 22.0 Å². The van der Waals surface area contributed by atoms with Crippen LogP contribution in [0.4, 0.5) is 13.2 Å². The highest BCUT2D eigenvalue weighted by atomic mass is 79.9. The molecule has 0 aliphatic carbocycles. The van der Waals surface area contributed by atoms with E-state index in [4.69, 9.17) is 0 Å². The third-order valence-corrected chi connectivity index (χ3v) is 3.91. The van der Waals surface area contributed by atoms with E-state index in [2.05, 4.69) is 15.9 Å². The van der Waals surface area contributed by atoms with Gasteiger partial charge in [0, 0.05) is 17.6 Å². The second kappa shape index (κ2) is 5.99. The van der Waals surface area contributed by atoms with Crippen molar-refractivity contribution in [3.05, 3.63) is 40.0 Å². The minimum Gasteiger partial charge on any atom is -0.368 e. The van der Waals surface area contributed by atoms with Crippen molar-refractivity contribution in [2.45, 2.75) is 25.4 Å². The lowest BCUT2D eigenvalue weighted by atomic mass is 10.1. The first-order valence-corrected chi connectivity index (χ1v) is 7.06. The minimum atomic E-state index is -4.31. The smallest absolute Gasteiger partial charge is 0.368 e. The predicted molar refractivity (Wildman–Crippen MR) is 73.6 cm³/mol.